The Morgan fingerprint density at radius 2 is 2.42 bits per heavy atom. The molecular formula is C9H15NOS. The highest BCUT2D eigenvalue weighted by molar-refractivity contribution is 7.09. The Kier molecular flexibility index (Phi) is 3.26. The highest BCUT2D eigenvalue weighted by atomic mass is 32.1. The molecule has 0 bridgehead atoms. The van der Waals surface area contributed by atoms with Gasteiger partial charge in [0.15, 0.2) is 0 Å². The summed E-state index contributed by atoms with van der Waals surface area (Å²) < 4.78 is 0. The van der Waals surface area contributed by atoms with Crippen LogP contribution < -0.4 is 5.73 Å². The van der Waals surface area contributed by atoms with Gasteiger partial charge in [-0.1, -0.05) is 6.07 Å². The topological polar surface area (TPSA) is 46.2 Å². The van der Waals surface area contributed by atoms with Gasteiger partial charge < -0.3 is 10.8 Å². The number of hydrogen-bond donors (Lipinski definition) is 2. The molecule has 0 saturated heterocycles. The quantitative estimate of drug-likeness (QED) is 0.744. The Morgan fingerprint density at radius 3 is 2.92 bits per heavy atom. The van der Waals surface area contributed by atoms with Crippen molar-refractivity contribution >= 4 is 11.3 Å². The van der Waals surface area contributed by atoms with Crippen LogP contribution in [0.5, 0.6) is 0 Å². The van der Waals surface area contributed by atoms with Gasteiger partial charge in [0.25, 0.3) is 0 Å². The fourth-order valence-corrected chi connectivity index (χ4v) is 2.07. The Bertz CT molecular complexity index is 218. The minimum absolute atomic E-state index is 0.540. The lowest BCUT2D eigenvalue weighted by Crippen LogP contribution is -2.29. The summed E-state index contributed by atoms with van der Waals surface area (Å²) in [7, 11) is 0. The van der Waals surface area contributed by atoms with Crippen LogP contribution in [0.15, 0.2) is 17.5 Å². The standard InChI is InChI=1S/C9H15NOS/c1-9(11,4-5-10)7-8-3-2-6-12-8/h2-3,6,11H,4-5,7,10H2,1H3. The summed E-state index contributed by atoms with van der Waals surface area (Å²) in [5, 5.41) is 11.8. The minimum atomic E-state index is -0.639. The zero-order valence-corrected chi connectivity index (χ0v) is 8.10. The lowest BCUT2D eigenvalue weighted by atomic mass is 9.97. The molecule has 0 aliphatic rings. The van der Waals surface area contributed by atoms with Gasteiger partial charge in [-0.2, -0.15) is 0 Å². The summed E-state index contributed by atoms with van der Waals surface area (Å²) in [4.78, 5) is 1.22. The molecule has 1 rings (SSSR count). The van der Waals surface area contributed by atoms with Crippen molar-refractivity contribution in [3.63, 3.8) is 0 Å². The first kappa shape index (κ1) is 9.71. The molecule has 2 nitrogen and oxygen atoms in total. The van der Waals surface area contributed by atoms with Gasteiger partial charge in [-0.3, -0.25) is 0 Å². The van der Waals surface area contributed by atoms with Crippen LogP contribution in [0.2, 0.25) is 0 Å². The van der Waals surface area contributed by atoms with Crippen molar-refractivity contribution in [1.29, 1.82) is 0 Å². The Balaban J connectivity index is 2.50. The maximum atomic E-state index is 9.81. The van der Waals surface area contributed by atoms with Crippen molar-refractivity contribution in [1.82, 2.24) is 0 Å². The van der Waals surface area contributed by atoms with Crippen LogP contribution in [0, 0.1) is 0 Å². The van der Waals surface area contributed by atoms with Crippen LogP contribution in [0.25, 0.3) is 0 Å². The molecule has 1 unspecified atom stereocenters. The lowest BCUT2D eigenvalue weighted by Gasteiger charge is -2.21. The average Bonchev–Trinajstić information content (AvgIpc) is 2.38. The molecule has 3 heteroatoms. The average molecular weight is 185 g/mol. The summed E-state index contributed by atoms with van der Waals surface area (Å²) in [6.07, 6.45) is 1.37. The Hall–Kier alpha value is -0.380. The smallest absolute Gasteiger partial charge is 0.0679 e. The number of hydrogen-bond acceptors (Lipinski definition) is 3. The zero-order chi connectivity index (χ0) is 9.03. The summed E-state index contributed by atoms with van der Waals surface area (Å²) in [5.41, 5.74) is 4.75. The molecular weight excluding hydrogens is 170 g/mol. The van der Waals surface area contributed by atoms with Gasteiger partial charge in [-0.25, -0.2) is 0 Å². The predicted octanol–water partition coefficient (Wildman–Crippen LogP) is 1.39. The second-order valence-electron chi connectivity index (χ2n) is 3.29. The molecule has 3 N–H and O–H groups in total. The monoisotopic (exact) mass is 185 g/mol. The first-order valence-corrected chi connectivity index (χ1v) is 4.97. The Morgan fingerprint density at radius 1 is 1.67 bits per heavy atom. The summed E-state index contributed by atoms with van der Waals surface area (Å²) in [6, 6.07) is 4.04. The second-order valence-corrected chi connectivity index (χ2v) is 4.32. The molecule has 0 aliphatic carbocycles. The van der Waals surface area contributed by atoms with Crippen LogP contribution in [0.1, 0.15) is 18.2 Å². The second kappa shape index (κ2) is 4.03. The van der Waals surface area contributed by atoms with Crippen LogP contribution in [0.3, 0.4) is 0 Å². The van der Waals surface area contributed by atoms with Gasteiger partial charge in [0.2, 0.25) is 0 Å². The van der Waals surface area contributed by atoms with E-state index in [1.165, 1.54) is 4.88 Å². The van der Waals surface area contributed by atoms with Gasteiger partial charge >= 0.3 is 0 Å². The zero-order valence-electron chi connectivity index (χ0n) is 7.29. The summed E-state index contributed by atoms with van der Waals surface area (Å²) in [5.74, 6) is 0. The van der Waals surface area contributed by atoms with Crippen LogP contribution in [-0.2, 0) is 6.42 Å². The van der Waals surface area contributed by atoms with E-state index in [-0.39, 0.29) is 0 Å². The largest absolute Gasteiger partial charge is 0.390 e. The third-order valence-corrected chi connectivity index (χ3v) is 2.69. The first-order chi connectivity index (χ1) is 5.64. The molecule has 0 fully saturated rings. The number of thiophene rings is 1. The number of aliphatic hydroxyl groups is 1. The molecule has 68 valence electrons. The molecule has 12 heavy (non-hydrogen) atoms. The van der Waals surface area contributed by atoms with E-state index >= 15 is 0 Å². The van der Waals surface area contributed by atoms with Crippen molar-refractivity contribution in [2.75, 3.05) is 6.54 Å². The molecule has 1 aromatic heterocycles. The van der Waals surface area contributed by atoms with Crippen molar-refractivity contribution in [2.45, 2.75) is 25.4 Å². The van der Waals surface area contributed by atoms with Crippen LogP contribution >= 0.6 is 11.3 Å². The van der Waals surface area contributed by atoms with E-state index in [0.29, 0.717) is 19.4 Å². The van der Waals surface area contributed by atoms with Crippen molar-refractivity contribution in [3.8, 4) is 0 Å². The van der Waals surface area contributed by atoms with Gasteiger partial charge in [0.05, 0.1) is 5.60 Å². The van der Waals surface area contributed by atoms with Crippen molar-refractivity contribution in [3.05, 3.63) is 22.4 Å². The molecule has 1 atom stereocenters. The molecule has 1 aromatic rings. The van der Waals surface area contributed by atoms with Crippen molar-refractivity contribution in [2.24, 2.45) is 5.73 Å². The van der Waals surface area contributed by atoms with Gasteiger partial charge in [0.1, 0.15) is 0 Å². The van der Waals surface area contributed by atoms with Crippen LogP contribution in [-0.4, -0.2) is 17.3 Å². The third kappa shape index (κ3) is 2.93. The number of nitrogens with two attached hydrogens (primary N) is 1. The molecule has 0 spiro atoms. The maximum absolute atomic E-state index is 9.81. The van der Waals surface area contributed by atoms with E-state index in [9.17, 15) is 5.11 Å². The molecule has 0 radical (unpaired) electrons. The Labute approximate surface area is 77.0 Å². The van der Waals surface area contributed by atoms with Crippen LogP contribution in [0.4, 0.5) is 0 Å². The molecule has 0 aliphatic heterocycles. The maximum Gasteiger partial charge on any atom is 0.0679 e. The molecule has 1 heterocycles. The third-order valence-electron chi connectivity index (χ3n) is 1.82. The minimum Gasteiger partial charge on any atom is -0.390 e. The van der Waals surface area contributed by atoms with E-state index in [2.05, 4.69) is 0 Å². The van der Waals surface area contributed by atoms with Gasteiger partial charge in [0, 0.05) is 11.3 Å². The van der Waals surface area contributed by atoms with E-state index in [1.54, 1.807) is 11.3 Å². The first-order valence-electron chi connectivity index (χ1n) is 4.09. The predicted molar refractivity (Wildman–Crippen MR) is 52.3 cm³/mol. The highest BCUT2D eigenvalue weighted by Crippen LogP contribution is 2.19. The summed E-state index contributed by atoms with van der Waals surface area (Å²) >= 11 is 1.67. The van der Waals surface area contributed by atoms with E-state index in [1.807, 2.05) is 24.4 Å². The lowest BCUT2D eigenvalue weighted by molar-refractivity contribution is 0.0547. The SMILES string of the molecule is CC(O)(CCN)Cc1cccs1. The summed E-state index contributed by atoms with van der Waals surface area (Å²) in [6.45, 7) is 2.37. The molecule has 0 aromatic carbocycles. The fraction of sp³-hybridized carbons (Fsp3) is 0.556. The highest BCUT2D eigenvalue weighted by Gasteiger charge is 2.19. The number of rotatable bonds is 4. The normalized spacial score (nSPS) is 15.9. The van der Waals surface area contributed by atoms with E-state index in [4.69, 9.17) is 5.73 Å². The molecule has 0 amide bonds. The molecule has 0 saturated carbocycles. The van der Waals surface area contributed by atoms with Gasteiger partial charge in [-0.05, 0) is 31.3 Å². The van der Waals surface area contributed by atoms with Crippen molar-refractivity contribution < 1.29 is 5.11 Å². The van der Waals surface area contributed by atoms with Gasteiger partial charge in [-0.15, -0.1) is 11.3 Å². The van der Waals surface area contributed by atoms with E-state index < -0.39 is 5.60 Å². The fourth-order valence-electron chi connectivity index (χ4n) is 1.19. The van der Waals surface area contributed by atoms with E-state index in [0.717, 1.165) is 0 Å².